The van der Waals surface area contributed by atoms with Crippen molar-refractivity contribution < 1.29 is 9.53 Å². The third kappa shape index (κ3) is 5.09. The average Bonchev–Trinajstić information content (AvgIpc) is 3.24. The van der Waals surface area contributed by atoms with E-state index in [1.54, 1.807) is 0 Å². The van der Waals surface area contributed by atoms with E-state index in [0.29, 0.717) is 24.0 Å². The summed E-state index contributed by atoms with van der Waals surface area (Å²) in [7, 11) is 0. The SMILES string of the molecule is CCCCOc1ccc(CNC(=O)c2cnc3sc(N4CCCC(C)C4)nn3c2=O)cc1. The van der Waals surface area contributed by atoms with Crippen LogP contribution in [-0.4, -0.2) is 40.2 Å². The van der Waals surface area contributed by atoms with Crippen LogP contribution in [0, 0.1) is 5.92 Å². The maximum atomic E-state index is 12.9. The number of nitrogens with zero attached hydrogens (tertiary/aromatic N) is 4. The highest BCUT2D eigenvalue weighted by Gasteiger charge is 2.22. The maximum absolute atomic E-state index is 12.9. The molecule has 1 N–H and O–H groups in total. The first kappa shape index (κ1) is 22.3. The van der Waals surface area contributed by atoms with Crippen molar-refractivity contribution in [3.8, 4) is 5.75 Å². The second-order valence-electron chi connectivity index (χ2n) is 8.28. The van der Waals surface area contributed by atoms with Crippen molar-refractivity contribution in [1.29, 1.82) is 0 Å². The second-order valence-corrected chi connectivity index (χ2v) is 9.21. The van der Waals surface area contributed by atoms with Gasteiger partial charge in [-0.3, -0.25) is 9.59 Å². The molecule has 0 radical (unpaired) electrons. The lowest BCUT2D eigenvalue weighted by atomic mass is 10.0. The van der Waals surface area contributed by atoms with Crippen LogP contribution in [0.2, 0.25) is 0 Å². The largest absolute Gasteiger partial charge is 0.494 e. The molecule has 0 spiro atoms. The van der Waals surface area contributed by atoms with Gasteiger partial charge in [-0.2, -0.15) is 4.52 Å². The lowest BCUT2D eigenvalue weighted by Crippen LogP contribution is -2.34. The van der Waals surface area contributed by atoms with Crippen LogP contribution in [0.15, 0.2) is 35.3 Å². The van der Waals surface area contributed by atoms with Crippen LogP contribution in [-0.2, 0) is 6.54 Å². The predicted molar refractivity (Wildman–Crippen MR) is 126 cm³/mol. The van der Waals surface area contributed by atoms with Crippen LogP contribution in [0.5, 0.6) is 5.75 Å². The van der Waals surface area contributed by atoms with Crippen molar-refractivity contribution in [3.63, 3.8) is 0 Å². The number of unbranched alkanes of at least 4 members (excludes halogenated alkanes) is 1. The van der Waals surface area contributed by atoms with Crippen LogP contribution in [0.4, 0.5) is 5.13 Å². The fraction of sp³-hybridized carbons (Fsp3) is 0.478. The molecule has 1 saturated heterocycles. The fourth-order valence-corrected chi connectivity index (χ4v) is 4.63. The average molecular weight is 456 g/mol. The highest BCUT2D eigenvalue weighted by atomic mass is 32.1. The Hall–Kier alpha value is -2.94. The molecule has 1 unspecified atom stereocenters. The zero-order valence-electron chi connectivity index (χ0n) is 18.5. The van der Waals surface area contributed by atoms with E-state index in [1.165, 1.54) is 28.5 Å². The molecule has 0 aliphatic carbocycles. The summed E-state index contributed by atoms with van der Waals surface area (Å²) in [6.45, 7) is 7.19. The Morgan fingerprint density at radius 2 is 2.12 bits per heavy atom. The van der Waals surface area contributed by atoms with Crippen molar-refractivity contribution >= 4 is 27.3 Å². The van der Waals surface area contributed by atoms with E-state index in [2.05, 4.69) is 34.1 Å². The topological polar surface area (TPSA) is 88.8 Å². The number of piperidine rings is 1. The zero-order chi connectivity index (χ0) is 22.5. The molecule has 1 aromatic carbocycles. The quantitative estimate of drug-likeness (QED) is 0.523. The molecule has 3 heterocycles. The normalized spacial score (nSPS) is 16.3. The van der Waals surface area contributed by atoms with E-state index in [9.17, 15) is 9.59 Å². The molecule has 0 saturated carbocycles. The monoisotopic (exact) mass is 455 g/mol. The Bertz CT molecular complexity index is 1120. The number of anilines is 1. The summed E-state index contributed by atoms with van der Waals surface area (Å²) in [5.74, 6) is 0.948. The maximum Gasteiger partial charge on any atom is 0.288 e. The van der Waals surface area contributed by atoms with Crippen LogP contribution in [0.25, 0.3) is 4.96 Å². The van der Waals surface area contributed by atoms with Gasteiger partial charge in [0.25, 0.3) is 11.5 Å². The molecular weight excluding hydrogens is 426 g/mol. The number of nitrogens with one attached hydrogen (secondary N) is 1. The van der Waals surface area contributed by atoms with E-state index >= 15 is 0 Å². The number of aromatic nitrogens is 3. The molecule has 9 heteroatoms. The van der Waals surface area contributed by atoms with Crippen LogP contribution >= 0.6 is 11.3 Å². The van der Waals surface area contributed by atoms with Gasteiger partial charge in [-0.25, -0.2) is 4.98 Å². The van der Waals surface area contributed by atoms with Gasteiger partial charge in [-0.15, -0.1) is 5.10 Å². The van der Waals surface area contributed by atoms with Crippen LogP contribution in [0.3, 0.4) is 0 Å². The second kappa shape index (κ2) is 10.1. The predicted octanol–water partition coefficient (Wildman–Crippen LogP) is 3.50. The van der Waals surface area contributed by atoms with E-state index in [0.717, 1.165) is 48.8 Å². The number of fused-ring (bicyclic) bond motifs is 1. The molecule has 0 bridgehead atoms. The molecule has 1 amide bonds. The number of carbonyl (C=O) groups is 1. The molecule has 170 valence electrons. The Balaban J connectivity index is 1.42. The third-order valence-corrected chi connectivity index (χ3v) is 6.57. The zero-order valence-corrected chi connectivity index (χ0v) is 19.4. The highest BCUT2D eigenvalue weighted by molar-refractivity contribution is 7.20. The van der Waals surface area contributed by atoms with Gasteiger partial charge in [0.2, 0.25) is 10.1 Å². The molecule has 1 fully saturated rings. The number of hydrogen-bond acceptors (Lipinski definition) is 7. The fourth-order valence-electron chi connectivity index (χ4n) is 3.74. The smallest absolute Gasteiger partial charge is 0.288 e. The van der Waals surface area contributed by atoms with E-state index in [4.69, 9.17) is 4.74 Å². The summed E-state index contributed by atoms with van der Waals surface area (Å²) in [4.78, 5) is 32.5. The van der Waals surface area contributed by atoms with Crippen molar-refractivity contribution in [2.45, 2.75) is 46.1 Å². The van der Waals surface area contributed by atoms with Gasteiger partial charge in [-0.05, 0) is 42.9 Å². The van der Waals surface area contributed by atoms with E-state index in [1.807, 2.05) is 24.3 Å². The summed E-state index contributed by atoms with van der Waals surface area (Å²) >= 11 is 1.38. The standard InChI is InChI=1S/C23H29N5O3S/c1-3-4-12-31-18-9-7-17(8-10-18)13-24-20(29)19-14-25-22-28(21(19)30)26-23(32-22)27-11-5-6-16(2)15-27/h7-10,14,16H,3-6,11-13,15H2,1-2H3,(H,24,29). The first-order valence-electron chi connectivity index (χ1n) is 11.2. The number of amides is 1. The van der Waals surface area contributed by atoms with Crippen molar-refractivity contribution in [3.05, 3.63) is 51.9 Å². The number of ether oxygens (including phenoxy) is 1. The van der Waals surface area contributed by atoms with Crippen LogP contribution in [0.1, 0.15) is 55.5 Å². The number of carbonyl (C=O) groups excluding carboxylic acids is 1. The highest BCUT2D eigenvalue weighted by Crippen LogP contribution is 2.26. The molecule has 1 aliphatic heterocycles. The molecule has 32 heavy (non-hydrogen) atoms. The summed E-state index contributed by atoms with van der Waals surface area (Å²) in [5.41, 5.74) is 0.469. The van der Waals surface area contributed by atoms with Gasteiger partial charge in [-0.1, -0.05) is 43.7 Å². The van der Waals surface area contributed by atoms with Crippen molar-refractivity contribution in [2.24, 2.45) is 5.92 Å². The lowest BCUT2D eigenvalue weighted by Gasteiger charge is -2.30. The Morgan fingerprint density at radius 3 is 2.88 bits per heavy atom. The van der Waals surface area contributed by atoms with E-state index < -0.39 is 11.5 Å². The third-order valence-electron chi connectivity index (χ3n) is 5.59. The van der Waals surface area contributed by atoms with E-state index in [-0.39, 0.29) is 5.56 Å². The minimum absolute atomic E-state index is 0.00844. The van der Waals surface area contributed by atoms with Crippen molar-refractivity contribution in [2.75, 3.05) is 24.6 Å². The molecule has 4 rings (SSSR count). The number of benzene rings is 1. The van der Waals surface area contributed by atoms with Gasteiger partial charge in [0.15, 0.2) is 0 Å². The molecule has 2 aromatic heterocycles. The lowest BCUT2D eigenvalue weighted by molar-refractivity contribution is 0.0948. The van der Waals surface area contributed by atoms with Gasteiger partial charge in [0, 0.05) is 25.8 Å². The van der Waals surface area contributed by atoms with Gasteiger partial charge < -0.3 is 15.0 Å². The molecule has 1 atom stereocenters. The van der Waals surface area contributed by atoms with Gasteiger partial charge >= 0.3 is 0 Å². The molecule has 1 aliphatic rings. The first-order chi connectivity index (χ1) is 15.5. The number of hydrogen-bond donors (Lipinski definition) is 1. The summed E-state index contributed by atoms with van der Waals surface area (Å²) in [6, 6.07) is 7.58. The van der Waals surface area contributed by atoms with Gasteiger partial charge in [0.1, 0.15) is 11.3 Å². The van der Waals surface area contributed by atoms with Gasteiger partial charge in [0.05, 0.1) is 6.61 Å². The van der Waals surface area contributed by atoms with Crippen molar-refractivity contribution in [1.82, 2.24) is 19.9 Å². The molecule has 3 aromatic rings. The summed E-state index contributed by atoms with van der Waals surface area (Å²) in [5, 5.41) is 8.04. The summed E-state index contributed by atoms with van der Waals surface area (Å²) < 4.78 is 6.90. The minimum Gasteiger partial charge on any atom is -0.494 e. The Kier molecular flexibility index (Phi) is 7.04. The number of rotatable bonds is 8. The first-order valence-corrected chi connectivity index (χ1v) is 12.0. The van der Waals surface area contributed by atoms with Crippen LogP contribution < -0.4 is 20.5 Å². The Morgan fingerprint density at radius 1 is 1.31 bits per heavy atom. The molecule has 8 nitrogen and oxygen atoms in total. The molecular formula is C23H29N5O3S. The minimum atomic E-state index is -0.457. The Labute approximate surface area is 191 Å². The summed E-state index contributed by atoms with van der Waals surface area (Å²) in [6.07, 6.45) is 5.77.